The molecule has 0 aliphatic rings. The second-order valence-electron chi connectivity index (χ2n) is 6.71. The second kappa shape index (κ2) is 8.50. The van der Waals surface area contributed by atoms with Gasteiger partial charge in [-0.3, -0.25) is 0 Å². The summed E-state index contributed by atoms with van der Waals surface area (Å²) in [5.41, 5.74) is -0.105. The minimum Gasteiger partial charge on any atom is -0.496 e. The molecule has 0 amide bonds. The van der Waals surface area contributed by atoms with Gasteiger partial charge in [0.1, 0.15) is 22.6 Å². The number of hydrogen-bond donors (Lipinski definition) is 0. The molecule has 0 saturated heterocycles. The lowest BCUT2D eigenvalue weighted by atomic mass is 10.0. The molecule has 8 heteroatoms. The van der Waals surface area contributed by atoms with Crippen LogP contribution in [0.15, 0.2) is 57.7 Å². The zero-order chi connectivity index (χ0) is 22.8. The van der Waals surface area contributed by atoms with Gasteiger partial charge < -0.3 is 28.1 Å². The van der Waals surface area contributed by atoms with Crippen molar-refractivity contribution in [2.75, 3.05) is 28.4 Å². The van der Waals surface area contributed by atoms with Crippen LogP contribution < -0.4 is 29.3 Å². The lowest BCUT2D eigenvalue weighted by Gasteiger charge is -2.15. The third-order valence-corrected chi connectivity index (χ3v) is 5.01. The summed E-state index contributed by atoms with van der Waals surface area (Å²) in [5.74, 6) is 1.01. The smallest absolute Gasteiger partial charge is 0.347 e. The van der Waals surface area contributed by atoms with Crippen molar-refractivity contribution in [1.29, 1.82) is 0 Å². The van der Waals surface area contributed by atoms with Crippen LogP contribution in [0.1, 0.15) is 10.4 Å². The van der Waals surface area contributed by atoms with E-state index >= 15 is 0 Å². The second-order valence-corrected chi connectivity index (χ2v) is 6.71. The van der Waals surface area contributed by atoms with Gasteiger partial charge >= 0.3 is 11.6 Å². The van der Waals surface area contributed by atoms with Crippen LogP contribution in [0.3, 0.4) is 0 Å². The highest BCUT2D eigenvalue weighted by molar-refractivity contribution is 6.10. The van der Waals surface area contributed by atoms with Crippen LogP contribution in [0.5, 0.6) is 28.7 Å². The van der Waals surface area contributed by atoms with Crippen LogP contribution in [-0.4, -0.2) is 34.4 Å². The molecular formula is C24H20O8. The van der Waals surface area contributed by atoms with Crippen molar-refractivity contribution in [3.05, 3.63) is 64.5 Å². The number of carbonyl (C=O) groups excluding carboxylic acids is 1. The minimum absolute atomic E-state index is 0.204. The number of fused-ring (bicyclic) bond motifs is 3. The number of carbonyl (C=O) groups is 1. The third-order valence-electron chi connectivity index (χ3n) is 5.01. The molecule has 3 aromatic carbocycles. The molecule has 0 fully saturated rings. The van der Waals surface area contributed by atoms with E-state index in [4.69, 9.17) is 28.1 Å². The van der Waals surface area contributed by atoms with Crippen molar-refractivity contribution in [2.45, 2.75) is 0 Å². The van der Waals surface area contributed by atoms with Crippen molar-refractivity contribution in [3.8, 4) is 28.7 Å². The molecule has 0 radical (unpaired) electrons. The number of methoxy groups -OCH3 is 4. The van der Waals surface area contributed by atoms with Gasteiger partial charge in [-0.1, -0.05) is 12.1 Å². The summed E-state index contributed by atoms with van der Waals surface area (Å²) in [6, 6.07) is 13.0. The predicted octanol–water partition coefficient (Wildman–Crippen LogP) is 4.20. The van der Waals surface area contributed by atoms with Crippen molar-refractivity contribution in [1.82, 2.24) is 0 Å². The molecule has 0 atom stereocenters. The quantitative estimate of drug-likeness (QED) is 0.192. The van der Waals surface area contributed by atoms with Crippen molar-refractivity contribution in [3.63, 3.8) is 0 Å². The lowest BCUT2D eigenvalue weighted by molar-refractivity contribution is 0.0731. The summed E-state index contributed by atoms with van der Waals surface area (Å²) in [5, 5.41) is 1.35. The zero-order valence-corrected chi connectivity index (χ0v) is 17.9. The molecule has 1 aromatic heterocycles. The first-order valence-corrected chi connectivity index (χ1v) is 9.57. The van der Waals surface area contributed by atoms with E-state index < -0.39 is 11.6 Å². The number of rotatable bonds is 6. The highest BCUT2D eigenvalue weighted by atomic mass is 16.5. The molecule has 0 bridgehead atoms. The molecular weight excluding hydrogens is 416 g/mol. The Morgan fingerprint density at radius 2 is 1.50 bits per heavy atom. The minimum atomic E-state index is -0.603. The number of ether oxygens (including phenoxy) is 5. The van der Waals surface area contributed by atoms with Crippen LogP contribution in [0.25, 0.3) is 21.7 Å². The normalized spacial score (nSPS) is 10.8. The largest absolute Gasteiger partial charge is 0.496 e. The summed E-state index contributed by atoms with van der Waals surface area (Å²) in [6.45, 7) is 0. The summed E-state index contributed by atoms with van der Waals surface area (Å²) < 4.78 is 32.5. The van der Waals surface area contributed by atoms with Gasteiger partial charge in [0.2, 0.25) is 5.75 Å². The van der Waals surface area contributed by atoms with Gasteiger partial charge in [0, 0.05) is 16.8 Å². The molecule has 4 rings (SSSR count). The Kier molecular flexibility index (Phi) is 5.59. The maximum absolute atomic E-state index is 12.7. The molecule has 32 heavy (non-hydrogen) atoms. The predicted molar refractivity (Wildman–Crippen MR) is 118 cm³/mol. The molecule has 1 heterocycles. The van der Waals surface area contributed by atoms with Crippen LogP contribution in [0.4, 0.5) is 0 Å². The molecule has 0 spiro atoms. The van der Waals surface area contributed by atoms with Gasteiger partial charge in [0.15, 0.2) is 11.5 Å². The maximum Gasteiger partial charge on any atom is 0.347 e. The van der Waals surface area contributed by atoms with E-state index in [-0.39, 0.29) is 22.3 Å². The summed E-state index contributed by atoms with van der Waals surface area (Å²) in [7, 11) is 5.89. The fraction of sp³-hybridized carbons (Fsp3) is 0.167. The average molecular weight is 436 g/mol. The van der Waals surface area contributed by atoms with Crippen LogP contribution in [0.2, 0.25) is 0 Å². The van der Waals surface area contributed by atoms with Crippen molar-refractivity contribution >= 4 is 27.7 Å². The van der Waals surface area contributed by atoms with Crippen LogP contribution in [0, 0.1) is 0 Å². The topological polar surface area (TPSA) is 93.4 Å². The first-order valence-electron chi connectivity index (χ1n) is 9.57. The maximum atomic E-state index is 12.7. The molecule has 8 nitrogen and oxygen atoms in total. The van der Waals surface area contributed by atoms with Gasteiger partial charge in [0.25, 0.3) is 0 Å². The van der Waals surface area contributed by atoms with Crippen LogP contribution >= 0.6 is 0 Å². The van der Waals surface area contributed by atoms with Crippen molar-refractivity contribution < 1.29 is 32.9 Å². The monoisotopic (exact) mass is 436 g/mol. The fourth-order valence-corrected chi connectivity index (χ4v) is 3.57. The van der Waals surface area contributed by atoms with E-state index in [0.717, 1.165) is 0 Å². The van der Waals surface area contributed by atoms with Gasteiger partial charge in [-0.15, -0.1) is 0 Å². The molecule has 164 valence electrons. The first-order chi connectivity index (χ1) is 15.5. The summed E-state index contributed by atoms with van der Waals surface area (Å²) in [4.78, 5) is 25.3. The Labute approximate surface area is 182 Å². The molecule has 0 aliphatic heterocycles. The van der Waals surface area contributed by atoms with E-state index in [0.29, 0.717) is 33.8 Å². The Hall–Kier alpha value is -4.20. The van der Waals surface area contributed by atoms with Gasteiger partial charge in [-0.05, 0) is 30.3 Å². The summed E-state index contributed by atoms with van der Waals surface area (Å²) in [6.07, 6.45) is 0. The Bertz CT molecular complexity index is 1390. The Morgan fingerprint density at radius 3 is 2.19 bits per heavy atom. The fourth-order valence-electron chi connectivity index (χ4n) is 3.57. The molecule has 0 unspecified atom stereocenters. The number of hydrogen-bond acceptors (Lipinski definition) is 8. The van der Waals surface area contributed by atoms with E-state index in [2.05, 4.69) is 0 Å². The molecule has 4 aromatic rings. The van der Waals surface area contributed by atoms with Gasteiger partial charge in [-0.25, -0.2) is 9.59 Å². The lowest BCUT2D eigenvalue weighted by Crippen LogP contribution is -2.10. The zero-order valence-electron chi connectivity index (χ0n) is 17.9. The van der Waals surface area contributed by atoms with Gasteiger partial charge in [0.05, 0.1) is 33.8 Å². The molecule has 0 aliphatic carbocycles. The van der Waals surface area contributed by atoms with E-state index in [1.54, 1.807) is 36.4 Å². The molecule has 0 N–H and O–H groups in total. The number of esters is 1. The average Bonchev–Trinajstić information content (AvgIpc) is 2.82. The van der Waals surface area contributed by atoms with Crippen LogP contribution in [-0.2, 0) is 0 Å². The third kappa shape index (κ3) is 3.45. The first kappa shape index (κ1) is 21.0. The standard InChI is InChI=1S/C24H20O8/c1-27-17-8-6-5-7-15(17)23(25)31-13-9-10-14-18(11-13)32-24(26)16-12-19(28-2)21(29-3)22(30-4)20(14)16/h5-12H,1-4H3. The Morgan fingerprint density at radius 1 is 0.781 bits per heavy atom. The van der Waals surface area contributed by atoms with Gasteiger partial charge in [-0.2, -0.15) is 0 Å². The highest BCUT2D eigenvalue weighted by Gasteiger charge is 2.22. The van der Waals surface area contributed by atoms with E-state index in [9.17, 15) is 9.59 Å². The SMILES string of the molecule is COc1ccccc1C(=O)Oc1ccc2c(c1)oc(=O)c1cc(OC)c(OC)c(OC)c12. The number of para-hydroxylation sites is 1. The summed E-state index contributed by atoms with van der Waals surface area (Å²) >= 11 is 0. The highest BCUT2D eigenvalue weighted by Crippen LogP contribution is 2.45. The Balaban J connectivity index is 1.86. The van der Waals surface area contributed by atoms with E-state index in [1.165, 1.54) is 40.6 Å². The van der Waals surface area contributed by atoms with Crippen molar-refractivity contribution in [2.24, 2.45) is 0 Å². The number of benzene rings is 3. The molecule has 0 saturated carbocycles. The van der Waals surface area contributed by atoms with E-state index in [1.807, 2.05) is 0 Å².